The molecular weight excluding hydrogens is 561 g/mol. The van der Waals surface area contributed by atoms with Crippen LogP contribution in [0.5, 0.6) is 0 Å². The molecule has 0 amide bonds. The lowest BCUT2D eigenvalue weighted by molar-refractivity contribution is 0.935. The van der Waals surface area contributed by atoms with E-state index >= 15 is 0 Å². The average molecular weight is 597 g/mol. The molecule has 0 unspecified atom stereocenters. The zero-order valence-electron chi connectivity index (χ0n) is 25.2. The van der Waals surface area contributed by atoms with Crippen LogP contribution in [0.3, 0.4) is 0 Å². The van der Waals surface area contributed by atoms with E-state index in [9.17, 15) is 0 Å². The highest BCUT2D eigenvalue weighted by Crippen LogP contribution is 2.47. The van der Waals surface area contributed by atoms with E-state index in [0.717, 1.165) is 0 Å². The van der Waals surface area contributed by atoms with E-state index < -0.39 is 16.1 Å². The van der Waals surface area contributed by atoms with Crippen molar-refractivity contribution >= 4 is 47.7 Å². The maximum absolute atomic E-state index is 2.76. The summed E-state index contributed by atoms with van der Waals surface area (Å²) in [5, 5.41) is 10.1. The molecule has 2 spiro atoms. The van der Waals surface area contributed by atoms with Gasteiger partial charge in [0.25, 0.3) is 0 Å². The largest absolute Gasteiger partial charge is 0.119 e. The van der Waals surface area contributed by atoms with Gasteiger partial charge < -0.3 is 0 Å². The van der Waals surface area contributed by atoms with E-state index in [-0.39, 0.29) is 0 Å². The van der Waals surface area contributed by atoms with E-state index in [1.807, 2.05) is 0 Å². The van der Waals surface area contributed by atoms with Crippen LogP contribution >= 0.6 is 0 Å². The topological polar surface area (TPSA) is 0 Å². The van der Waals surface area contributed by atoms with E-state index in [0.29, 0.717) is 0 Å². The van der Waals surface area contributed by atoms with Crippen LogP contribution in [0.25, 0.3) is 55.3 Å². The van der Waals surface area contributed by atoms with Gasteiger partial charge in [0.1, 0.15) is 16.1 Å². The van der Waals surface area contributed by atoms with Gasteiger partial charge in [0.05, 0.1) is 0 Å². The summed E-state index contributed by atoms with van der Waals surface area (Å²) in [5.74, 6) is 0. The normalized spacial score (nSPS) is 18.1. The summed E-state index contributed by atoms with van der Waals surface area (Å²) >= 11 is 0. The summed E-state index contributed by atoms with van der Waals surface area (Å²) in [6.45, 7) is 0. The van der Waals surface area contributed by atoms with Crippen molar-refractivity contribution in [1.82, 2.24) is 0 Å². The van der Waals surface area contributed by atoms with Crippen molar-refractivity contribution in [2.75, 3.05) is 0 Å². The average Bonchev–Trinajstić information content (AvgIpc) is 3.84. The number of rotatable bonds is 2. The van der Waals surface area contributed by atoms with Gasteiger partial charge >= 0.3 is 0 Å². The van der Waals surface area contributed by atoms with E-state index in [1.54, 1.807) is 53.8 Å². The first kappa shape index (κ1) is 25.4. The Labute approximate surface area is 262 Å². The third-order valence-electron chi connectivity index (χ3n) is 12.0. The fourth-order valence-corrected chi connectivity index (χ4v) is 21.3. The maximum atomic E-state index is 2.76. The molecule has 6 aromatic rings. The van der Waals surface area contributed by atoms with Crippen LogP contribution in [0.2, 0.25) is 24.2 Å². The molecule has 0 aromatic heterocycles. The number of fused-ring (bicyclic) bond motifs is 10. The Morgan fingerprint density at radius 2 is 0.909 bits per heavy atom. The van der Waals surface area contributed by atoms with Gasteiger partial charge in [0.15, 0.2) is 0 Å². The standard InChI is InChI=1S/C42H36Si2/c1-3-12-29(13-4-1)31-18-20-33-36-28-40-41(35-16-11-17-37(42(35)36)43(38(33)26-31)22-7-8-23-43)34-21-19-32(30-14-5-2-6-15-30)27-39(34)44(40)24-9-10-25-44/h1-6,11-21,26-28H,7-10,22-25H2. The second-order valence-corrected chi connectivity index (χ2v) is 22.4. The van der Waals surface area contributed by atoms with Crippen LogP contribution in [-0.2, 0) is 0 Å². The van der Waals surface area contributed by atoms with Gasteiger partial charge in [-0.25, -0.2) is 0 Å². The van der Waals surface area contributed by atoms with Crippen molar-refractivity contribution in [2.24, 2.45) is 0 Å². The Balaban J connectivity index is 1.28. The van der Waals surface area contributed by atoms with Crippen molar-refractivity contribution in [3.8, 4) is 44.5 Å². The predicted octanol–water partition coefficient (Wildman–Crippen LogP) is 8.85. The first-order valence-electron chi connectivity index (χ1n) is 16.8. The van der Waals surface area contributed by atoms with E-state index in [4.69, 9.17) is 0 Å². The van der Waals surface area contributed by atoms with Crippen LogP contribution in [-0.4, -0.2) is 16.1 Å². The van der Waals surface area contributed by atoms with Gasteiger partial charge in [-0.15, -0.1) is 0 Å². The SMILES string of the molecule is c1ccc(-c2ccc3c(c2)[Si]2(CCCC2)c2cc4c5c(cccc5c2-3)[Si]2(CCCC2)c2cc(-c3ccccc3)ccc2-4)cc1. The minimum absolute atomic E-state index is 1.34. The molecule has 0 aliphatic carbocycles. The van der Waals surface area contributed by atoms with E-state index in [1.165, 1.54) is 72.1 Å². The third-order valence-corrected chi connectivity index (χ3v) is 22.5. The van der Waals surface area contributed by atoms with Crippen LogP contribution < -0.4 is 20.7 Å². The smallest absolute Gasteiger partial charge is 0.0622 e. The molecule has 0 nitrogen and oxygen atoms in total. The molecule has 6 aromatic carbocycles. The molecule has 4 heterocycles. The van der Waals surface area contributed by atoms with Crippen LogP contribution in [0.1, 0.15) is 25.7 Å². The van der Waals surface area contributed by atoms with Crippen molar-refractivity contribution in [1.29, 1.82) is 0 Å². The molecular formula is C42H36Si2. The molecule has 2 saturated heterocycles. The predicted molar refractivity (Wildman–Crippen MR) is 193 cm³/mol. The summed E-state index contributed by atoms with van der Waals surface area (Å²) < 4.78 is 0. The van der Waals surface area contributed by atoms with Gasteiger partial charge in [0, 0.05) is 0 Å². The Morgan fingerprint density at radius 3 is 1.52 bits per heavy atom. The van der Waals surface area contributed by atoms with Gasteiger partial charge in [-0.2, -0.15) is 0 Å². The first-order valence-corrected chi connectivity index (χ1v) is 21.6. The zero-order chi connectivity index (χ0) is 28.9. The summed E-state index contributed by atoms with van der Waals surface area (Å²) in [7, 11) is -3.71. The van der Waals surface area contributed by atoms with Crippen LogP contribution in [0.4, 0.5) is 0 Å². The molecule has 4 aliphatic heterocycles. The third kappa shape index (κ3) is 3.28. The van der Waals surface area contributed by atoms with Crippen molar-refractivity contribution < 1.29 is 0 Å². The summed E-state index contributed by atoms with van der Waals surface area (Å²) in [5.41, 5.74) is 11.7. The fraction of sp³-hybridized carbons (Fsp3) is 0.190. The second-order valence-electron chi connectivity index (χ2n) is 13.9. The van der Waals surface area contributed by atoms with Gasteiger partial charge in [0.2, 0.25) is 0 Å². The number of hydrogen-bond acceptors (Lipinski definition) is 0. The molecule has 4 aliphatic rings. The highest BCUT2D eigenvalue weighted by atomic mass is 28.3. The van der Waals surface area contributed by atoms with Crippen molar-refractivity contribution in [3.63, 3.8) is 0 Å². The highest BCUT2D eigenvalue weighted by molar-refractivity contribution is 7.07. The molecule has 212 valence electrons. The Hall–Kier alpha value is -3.99. The Kier molecular flexibility index (Phi) is 5.34. The molecule has 2 heteroatoms. The van der Waals surface area contributed by atoms with Crippen molar-refractivity contribution in [3.05, 3.63) is 121 Å². The lowest BCUT2D eigenvalue weighted by Crippen LogP contribution is -2.59. The Morgan fingerprint density at radius 1 is 0.364 bits per heavy atom. The van der Waals surface area contributed by atoms with E-state index in [2.05, 4.69) is 121 Å². The number of hydrogen-bond donors (Lipinski definition) is 0. The van der Waals surface area contributed by atoms with Gasteiger partial charge in [-0.1, -0.05) is 147 Å². The Bertz CT molecular complexity index is 2110. The van der Waals surface area contributed by atoms with Crippen LogP contribution in [0.15, 0.2) is 121 Å². The lowest BCUT2D eigenvalue weighted by Gasteiger charge is -2.37. The highest BCUT2D eigenvalue weighted by Gasteiger charge is 2.50. The minimum Gasteiger partial charge on any atom is -0.0622 e. The quantitative estimate of drug-likeness (QED) is 0.175. The molecule has 2 fully saturated rings. The monoisotopic (exact) mass is 596 g/mol. The first-order chi connectivity index (χ1) is 21.8. The second kappa shape index (κ2) is 9.26. The summed E-state index contributed by atoms with van der Waals surface area (Å²) in [6.07, 6.45) is 5.50. The summed E-state index contributed by atoms with van der Waals surface area (Å²) in [6, 6.07) is 53.1. The molecule has 0 radical (unpaired) electrons. The van der Waals surface area contributed by atoms with Crippen LogP contribution in [0, 0.1) is 0 Å². The van der Waals surface area contributed by atoms with Crippen molar-refractivity contribution in [2.45, 2.75) is 49.9 Å². The van der Waals surface area contributed by atoms with Gasteiger partial charge in [-0.3, -0.25) is 0 Å². The molecule has 0 N–H and O–H groups in total. The molecule has 44 heavy (non-hydrogen) atoms. The lowest BCUT2D eigenvalue weighted by atomic mass is 9.90. The fourth-order valence-electron chi connectivity index (χ4n) is 10.0. The summed E-state index contributed by atoms with van der Waals surface area (Å²) in [4.78, 5) is 0. The molecule has 0 saturated carbocycles. The van der Waals surface area contributed by atoms with Gasteiger partial charge in [-0.05, 0) is 100 Å². The molecule has 10 rings (SSSR count). The maximum Gasteiger partial charge on any atom is 0.119 e. The number of benzene rings is 6. The minimum atomic E-state index is -1.86. The molecule has 0 atom stereocenters. The molecule has 0 bridgehead atoms. The zero-order valence-corrected chi connectivity index (χ0v) is 27.2.